The van der Waals surface area contributed by atoms with Crippen molar-refractivity contribution in [3.8, 4) is 0 Å². The quantitative estimate of drug-likeness (QED) is 0.640. The van der Waals surface area contributed by atoms with Gasteiger partial charge >= 0.3 is 0 Å². The Hall–Kier alpha value is -2.67. The number of rotatable bonds is 6. The van der Waals surface area contributed by atoms with Gasteiger partial charge in [-0.1, -0.05) is 29.8 Å². The Bertz CT molecular complexity index is 808. The van der Waals surface area contributed by atoms with Gasteiger partial charge in [0.25, 0.3) is 5.69 Å². The Kier molecular flexibility index (Phi) is 4.35. The number of nitro groups is 1. The molecule has 1 amide bonds. The second-order valence-corrected chi connectivity index (χ2v) is 6.05. The fraction of sp³-hybridized carbons (Fsp3) is 0.250. The van der Waals surface area contributed by atoms with Gasteiger partial charge in [-0.2, -0.15) is 0 Å². The van der Waals surface area contributed by atoms with Gasteiger partial charge in [-0.25, -0.2) is 4.98 Å². The number of carbonyl (C=O) groups excluding carboxylic acids is 1. The molecule has 1 heterocycles. The van der Waals surface area contributed by atoms with Gasteiger partial charge in [0.1, 0.15) is 5.82 Å². The summed E-state index contributed by atoms with van der Waals surface area (Å²) >= 11 is 6.26. The molecule has 1 saturated carbocycles. The summed E-state index contributed by atoms with van der Waals surface area (Å²) in [6.45, 7) is 0.324. The second-order valence-electron chi connectivity index (χ2n) is 5.64. The molecule has 0 spiro atoms. The third-order valence-corrected chi connectivity index (χ3v) is 4.17. The minimum absolute atomic E-state index is 0.0630. The molecule has 7 nitrogen and oxygen atoms in total. The average molecular weight is 347 g/mol. The number of halogens is 1. The normalized spacial score (nSPS) is 13.5. The zero-order valence-electron chi connectivity index (χ0n) is 12.7. The highest BCUT2D eigenvalue weighted by Crippen LogP contribution is 2.36. The molecule has 1 aromatic carbocycles. The predicted octanol–water partition coefficient (Wildman–Crippen LogP) is 2.91. The van der Waals surface area contributed by atoms with Crippen molar-refractivity contribution in [3.05, 3.63) is 62.8 Å². The molecule has 2 N–H and O–H groups in total. The first-order chi connectivity index (χ1) is 11.5. The maximum atomic E-state index is 11.2. The van der Waals surface area contributed by atoms with Crippen molar-refractivity contribution in [2.24, 2.45) is 5.73 Å². The molecule has 3 rings (SSSR count). The van der Waals surface area contributed by atoms with E-state index in [2.05, 4.69) is 4.98 Å². The van der Waals surface area contributed by atoms with Crippen molar-refractivity contribution in [2.45, 2.75) is 25.4 Å². The van der Waals surface area contributed by atoms with E-state index in [-0.39, 0.29) is 17.3 Å². The topological polar surface area (TPSA) is 102 Å². The molecule has 0 aliphatic heterocycles. The van der Waals surface area contributed by atoms with E-state index in [4.69, 9.17) is 17.3 Å². The van der Waals surface area contributed by atoms with E-state index in [9.17, 15) is 14.9 Å². The number of aromatic nitrogens is 1. The van der Waals surface area contributed by atoms with Crippen LogP contribution < -0.4 is 10.6 Å². The highest BCUT2D eigenvalue weighted by Gasteiger charge is 2.32. The Morgan fingerprint density at radius 2 is 2.12 bits per heavy atom. The van der Waals surface area contributed by atoms with E-state index >= 15 is 0 Å². The maximum Gasteiger partial charge on any atom is 0.274 e. The summed E-state index contributed by atoms with van der Waals surface area (Å²) in [4.78, 5) is 28.2. The number of hydrogen-bond acceptors (Lipinski definition) is 5. The Balaban J connectivity index is 1.95. The summed E-state index contributed by atoms with van der Waals surface area (Å²) in [5.74, 6) is -0.102. The van der Waals surface area contributed by atoms with Crippen LogP contribution in [0.15, 0.2) is 36.5 Å². The van der Waals surface area contributed by atoms with E-state index in [1.807, 2.05) is 4.90 Å². The third kappa shape index (κ3) is 3.30. The number of hydrogen-bond donors (Lipinski definition) is 1. The first kappa shape index (κ1) is 16.2. The summed E-state index contributed by atoms with van der Waals surface area (Å²) in [5.41, 5.74) is 6.11. The lowest BCUT2D eigenvalue weighted by Crippen LogP contribution is -2.27. The fourth-order valence-corrected chi connectivity index (χ4v) is 2.82. The fourth-order valence-electron chi connectivity index (χ4n) is 2.55. The standard InChI is InChI=1S/C16H15ClN4O3/c17-13-7-11(15(18)22)8-19-16(13)20(12-5-6-12)9-10-3-1-2-4-14(10)21(23)24/h1-4,7-8,12H,5-6,9H2,(H2,18,22). The van der Waals surface area contributed by atoms with E-state index in [1.54, 1.807) is 18.2 Å². The van der Waals surface area contributed by atoms with Gasteiger partial charge in [0, 0.05) is 23.9 Å². The highest BCUT2D eigenvalue weighted by molar-refractivity contribution is 6.33. The molecule has 1 aliphatic carbocycles. The van der Waals surface area contributed by atoms with E-state index < -0.39 is 10.8 Å². The summed E-state index contributed by atoms with van der Waals surface area (Å²) in [7, 11) is 0. The van der Waals surface area contributed by atoms with Crippen LogP contribution in [-0.2, 0) is 6.54 Å². The average Bonchev–Trinajstić information content (AvgIpc) is 3.38. The van der Waals surface area contributed by atoms with Crippen molar-refractivity contribution in [1.29, 1.82) is 0 Å². The number of amides is 1. The number of nitro benzene ring substituents is 1. The monoisotopic (exact) mass is 346 g/mol. The summed E-state index contributed by atoms with van der Waals surface area (Å²) in [6, 6.07) is 8.30. The molecule has 2 aromatic rings. The van der Waals surface area contributed by atoms with Crippen molar-refractivity contribution < 1.29 is 9.72 Å². The van der Waals surface area contributed by atoms with Crippen molar-refractivity contribution in [3.63, 3.8) is 0 Å². The summed E-state index contributed by atoms with van der Waals surface area (Å²) in [6.07, 6.45) is 3.31. The number of nitrogens with zero attached hydrogens (tertiary/aromatic N) is 3. The SMILES string of the molecule is NC(=O)c1cnc(N(Cc2ccccc2[N+](=O)[O-])C2CC2)c(Cl)c1. The van der Waals surface area contributed by atoms with Crippen LogP contribution in [0.1, 0.15) is 28.8 Å². The van der Waals surface area contributed by atoms with Crippen LogP contribution >= 0.6 is 11.6 Å². The van der Waals surface area contributed by atoms with Crippen LogP contribution in [0.4, 0.5) is 11.5 Å². The van der Waals surface area contributed by atoms with Gasteiger partial charge in [0.05, 0.1) is 22.1 Å². The lowest BCUT2D eigenvalue weighted by atomic mass is 10.1. The Morgan fingerprint density at radius 3 is 2.71 bits per heavy atom. The number of pyridine rings is 1. The number of nitrogens with two attached hydrogens (primary N) is 1. The van der Waals surface area contributed by atoms with Crippen molar-refractivity contribution in [2.75, 3.05) is 4.90 Å². The molecule has 0 unspecified atom stereocenters. The number of anilines is 1. The van der Waals surface area contributed by atoms with Crippen LogP contribution in [0.25, 0.3) is 0 Å². The van der Waals surface area contributed by atoms with E-state index in [1.165, 1.54) is 18.3 Å². The van der Waals surface area contributed by atoms with Crippen LogP contribution in [0.2, 0.25) is 5.02 Å². The zero-order chi connectivity index (χ0) is 17.3. The molecule has 1 aromatic heterocycles. The lowest BCUT2D eigenvalue weighted by Gasteiger charge is -2.24. The van der Waals surface area contributed by atoms with Crippen molar-refractivity contribution in [1.82, 2.24) is 4.98 Å². The first-order valence-electron chi connectivity index (χ1n) is 7.41. The van der Waals surface area contributed by atoms with Crippen LogP contribution in [0.5, 0.6) is 0 Å². The number of para-hydroxylation sites is 1. The molecule has 0 atom stereocenters. The van der Waals surface area contributed by atoms with Crippen LogP contribution in [-0.4, -0.2) is 21.9 Å². The summed E-state index contributed by atoms with van der Waals surface area (Å²) in [5, 5.41) is 11.5. The molecule has 1 fully saturated rings. The second kappa shape index (κ2) is 6.45. The molecular weight excluding hydrogens is 332 g/mol. The molecule has 8 heteroatoms. The van der Waals surface area contributed by atoms with Crippen molar-refractivity contribution >= 4 is 29.0 Å². The zero-order valence-corrected chi connectivity index (χ0v) is 13.4. The number of primary amides is 1. The van der Waals surface area contributed by atoms with Gasteiger partial charge in [-0.05, 0) is 18.9 Å². The first-order valence-corrected chi connectivity index (χ1v) is 7.79. The van der Waals surface area contributed by atoms with Gasteiger partial charge < -0.3 is 10.6 Å². The lowest BCUT2D eigenvalue weighted by molar-refractivity contribution is -0.385. The molecule has 0 radical (unpaired) electrons. The Morgan fingerprint density at radius 1 is 1.42 bits per heavy atom. The van der Waals surface area contributed by atoms with E-state index in [0.717, 1.165) is 12.8 Å². The minimum Gasteiger partial charge on any atom is -0.366 e. The van der Waals surface area contributed by atoms with Gasteiger partial charge in [0.2, 0.25) is 5.91 Å². The van der Waals surface area contributed by atoms with Gasteiger partial charge in [0.15, 0.2) is 0 Å². The molecule has 0 saturated heterocycles. The number of carbonyl (C=O) groups is 1. The molecule has 124 valence electrons. The Labute approximate surface area is 143 Å². The molecular formula is C16H15ClN4O3. The van der Waals surface area contributed by atoms with Crippen LogP contribution in [0.3, 0.4) is 0 Å². The molecule has 24 heavy (non-hydrogen) atoms. The minimum atomic E-state index is -0.604. The third-order valence-electron chi connectivity index (χ3n) is 3.89. The highest BCUT2D eigenvalue weighted by atomic mass is 35.5. The van der Waals surface area contributed by atoms with Crippen LogP contribution in [0, 0.1) is 10.1 Å². The molecule has 1 aliphatic rings. The van der Waals surface area contributed by atoms with Gasteiger partial charge in [-0.15, -0.1) is 0 Å². The predicted molar refractivity (Wildman–Crippen MR) is 90.1 cm³/mol. The largest absolute Gasteiger partial charge is 0.366 e. The number of benzene rings is 1. The molecule has 0 bridgehead atoms. The summed E-state index contributed by atoms with van der Waals surface area (Å²) < 4.78 is 0. The van der Waals surface area contributed by atoms with Gasteiger partial charge in [-0.3, -0.25) is 14.9 Å². The van der Waals surface area contributed by atoms with E-state index in [0.29, 0.717) is 22.9 Å². The maximum absolute atomic E-state index is 11.2. The smallest absolute Gasteiger partial charge is 0.274 e.